The maximum atomic E-state index is 4.25. The Morgan fingerprint density at radius 3 is 1.64 bits per heavy atom. The van der Waals surface area contributed by atoms with Crippen LogP contribution < -0.4 is 16.2 Å². The minimum Gasteiger partial charge on any atom is -0.308 e. The Hall–Kier alpha value is -0.120. The summed E-state index contributed by atoms with van der Waals surface area (Å²) < 4.78 is 0. The van der Waals surface area contributed by atoms with Gasteiger partial charge in [-0.05, 0) is 75.0 Å². The quantitative estimate of drug-likeness (QED) is 0.527. The second-order valence-electron chi connectivity index (χ2n) is 11.1. The fourth-order valence-electron chi connectivity index (χ4n) is 7.87. The molecule has 3 heterocycles. The minimum atomic E-state index is 0.665. The van der Waals surface area contributed by atoms with Crippen LogP contribution in [-0.2, 0) is 0 Å². The zero-order chi connectivity index (χ0) is 18.8. The van der Waals surface area contributed by atoms with Crippen LogP contribution >= 0.6 is 0 Å². The lowest BCUT2D eigenvalue weighted by Gasteiger charge is -2.42. The van der Waals surface area contributed by atoms with E-state index < -0.39 is 0 Å². The molecule has 160 valence electrons. The molecule has 0 spiro atoms. The van der Waals surface area contributed by atoms with E-state index in [9.17, 15) is 0 Å². The molecule has 8 atom stereocenters. The van der Waals surface area contributed by atoms with Crippen LogP contribution in [0, 0.1) is 23.7 Å². The molecule has 0 aromatic heterocycles. The van der Waals surface area contributed by atoms with Gasteiger partial charge in [0.25, 0.3) is 0 Å². The van der Waals surface area contributed by atoms with Crippen molar-refractivity contribution in [2.75, 3.05) is 0 Å². The molecule has 3 saturated heterocycles. The van der Waals surface area contributed by atoms with Crippen LogP contribution in [0.25, 0.3) is 0 Å². The molecule has 0 amide bonds. The van der Waals surface area contributed by atoms with Crippen molar-refractivity contribution in [2.24, 2.45) is 23.7 Å². The molecule has 3 N–H and O–H groups in total. The average Bonchev–Trinajstić information content (AvgIpc) is 3.18. The van der Waals surface area contributed by atoms with E-state index in [1.54, 1.807) is 0 Å². The Balaban J connectivity index is 1.44. The van der Waals surface area contributed by atoms with Gasteiger partial charge in [-0.25, -0.2) is 0 Å². The molecule has 0 aromatic rings. The van der Waals surface area contributed by atoms with E-state index in [0.29, 0.717) is 18.1 Å². The minimum absolute atomic E-state index is 0.665. The summed E-state index contributed by atoms with van der Waals surface area (Å²) in [7, 11) is 0. The summed E-state index contributed by atoms with van der Waals surface area (Å²) in [6.45, 7) is 0. The molecule has 8 unspecified atom stereocenters. The van der Waals surface area contributed by atoms with Crippen LogP contribution in [0.4, 0.5) is 0 Å². The normalized spacial score (nSPS) is 48.0. The number of nitrogens with one attached hydrogen (secondary N) is 3. The Labute approximate surface area is 173 Å². The van der Waals surface area contributed by atoms with Gasteiger partial charge in [-0.15, -0.1) is 0 Å². The molecule has 3 nitrogen and oxygen atoms in total. The second kappa shape index (κ2) is 9.35. The summed E-state index contributed by atoms with van der Waals surface area (Å²) in [4.78, 5) is 0. The van der Waals surface area contributed by atoms with Crippen molar-refractivity contribution in [1.29, 1.82) is 0 Å². The summed E-state index contributed by atoms with van der Waals surface area (Å²) in [5.41, 5.74) is 7.54. The topological polar surface area (TPSA) is 36.1 Å². The number of rotatable bonds is 0. The smallest absolute Gasteiger partial charge is 0.0410 e. The second-order valence-corrected chi connectivity index (χ2v) is 11.1. The highest BCUT2D eigenvalue weighted by molar-refractivity contribution is 5.05. The highest BCUT2D eigenvalue weighted by Crippen LogP contribution is 2.41. The first-order valence-corrected chi connectivity index (χ1v) is 13.2. The van der Waals surface area contributed by atoms with E-state index in [1.807, 2.05) is 0 Å². The predicted octanol–water partition coefficient (Wildman–Crippen LogP) is 5.31. The van der Waals surface area contributed by atoms with Gasteiger partial charge < -0.3 is 5.32 Å². The molecule has 2 saturated carbocycles. The van der Waals surface area contributed by atoms with E-state index in [4.69, 9.17) is 0 Å². The van der Waals surface area contributed by atoms with Crippen molar-refractivity contribution in [3.8, 4) is 0 Å². The molecule has 0 radical (unpaired) electrons. The van der Waals surface area contributed by atoms with Gasteiger partial charge in [0.2, 0.25) is 0 Å². The average molecular weight is 388 g/mol. The number of hydrogen-bond donors (Lipinski definition) is 3. The van der Waals surface area contributed by atoms with Crippen molar-refractivity contribution in [3.05, 3.63) is 0 Å². The lowest BCUT2D eigenvalue weighted by atomic mass is 9.72. The highest BCUT2D eigenvalue weighted by atomic mass is 15.5. The van der Waals surface area contributed by atoms with Crippen LogP contribution in [0.2, 0.25) is 0 Å². The molecular formula is C25H45N3. The molecule has 0 aromatic carbocycles. The molecule has 5 fully saturated rings. The van der Waals surface area contributed by atoms with Gasteiger partial charge in [-0.1, -0.05) is 57.8 Å². The highest BCUT2D eigenvalue weighted by Gasteiger charge is 2.45. The van der Waals surface area contributed by atoms with Crippen LogP contribution in [-0.4, -0.2) is 24.2 Å². The third-order valence-electron chi connectivity index (χ3n) is 9.56. The number of piperidine rings is 1. The SMILES string of the molecule is C1CCCC2CCC(CC1)C1CCCCCC(CC1)C1NNC3CCC2NC31. The largest absolute Gasteiger partial charge is 0.308 e. The number of hydrazine groups is 1. The maximum Gasteiger partial charge on any atom is 0.0410 e. The van der Waals surface area contributed by atoms with E-state index in [2.05, 4.69) is 16.2 Å². The summed E-state index contributed by atoms with van der Waals surface area (Å²) in [6.07, 6.45) is 25.2. The lowest BCUT2D eigenvalue weighted by molar-refractivity contribution is 0.149. The lowest BCUT2D eigenvalue weighted by Crippen LogP contribution is -2.57. The first kappa shape index (κ1) is 19.8. The zero-order valence-corrected chi connectivity index (χ0v) is 18.1. The van der Waals surface area contributed by atoms with Gasteiger partial charge in [-0.3, -0.25) is 10.9 Å². The summed E-state index contributed by atoms with van der Waals surface area (Å²) in [5.74, 6) is 3.87. The third-order valence-corrected chi connectivity index (χ3v) is 9.56. The zero-order valence-electron chi connectivity index (χ0n) is 18.1. The molecule has 6 bridgehead atoms. The van der Waals surface area contributed by atoms with E-state index in [0.717, 1.165) is 29.7 Å². The molecule has 3 heteroatoms. The molecule has 2 aliphatic carbocycles. The molecule has 28 heavy (non-hydrogen) atoms. The molecule has 5 rings (SSSR count). The predicted molar refractivity (Wildman–Crippen MR) is 117 cm³/mol. The number of fused-ring (bicyclic) bond motifs is 10. The van der Waals surface area contributed by atoms with Crippen LogP contribution in [0.1, 0.15) is 109 Å². The van der Waals surface area contributed by atoms with Crippen molar-refractivity contribution in [1.82, 2.24) is 16.2 Å². The van der Waals surface area contributed by atoms with E-state index in [1.165, 1.54) is 109 Å². The monoisotopic (exact) mass is 387 g/mol. The van der Waals surface area contributed by atoms with Crippen LogP contribution in [0.5, 0.6) is 0 Å². The van der Waals surface area contributed by atoms with Crippen molar-refractivity contribution in [3.63, 3.8) is 0 Å². The maximum absolute atomic E-state index is 4.25. The molecular weight excluding hydrogens is 342 g/mol. The first-order valence-electron chi connectivity index (χ1n) is 13.2. The fraction of sp³-hybridized carbons (Fsp3) is 1.00. The Kier molecular flexibility index (Phi) is 6.62. The van der Waals surface area contributed by atoms with Gasteiger partial charge in [0.1, 0.15) is 0 Å². The van der Waals surface area contributed by atoms with Crippen LogP contribution in [0.3, 0.4) is 0 Å². The van der Waals surface area contributed by atoms with Gasteiger partial charge in [-0.2, -0.15) is 0 Å². The third kappa shape index (κ3) is 4.32. The first-order chi connectivity index (χ1) is 13.9. The van der Waals surface area contributed by atoms with Crippen LogP contribution in [0.15, 0.2) is 0 Å². The Bertz CT molecular complexity index is 484. The van der Waals surface area contributed by atoms with E-state index in [-0.39, 0.29) is 0 Å². The Morgan fingerprint density at radius 1 is 0.357 bits per heavy atom. The standard InChI is InChI=1S/C25H45N3/c1-2-5-10-20-14-12-18(8-4-1)19-9-6-3-7-11-21(15-13-19)24-25-23(27-28-24)17-16-22(20)26-25/h18-28H,1-17H2. The van der Waals surface area contributed by atoms with Gasteiger partial charge in [0.15, 0.2) is 0 Å². The molecule has 3 aliphatic heterocycles. The summed E-state index contributed by atoms with van der Waals surface area (Å²) in [5, 5.41) is 4.25. The van der Waals surface area contributed by atoms with Crippen molar-refractivity contribution >= 4 is 0 Å². The number of hydrogen-bond acceptors (Lipinski definition) is 3. The summed E-state index contributed by atoms with van der Waals surface area (Å²) >= 11 is 0. The molecule has 5 aliphatic rings. The van der Waals surface area contributed by atoms with Gasteiger partial charge in [0, 0.05) is 24.2 Å². The Morgan fingerprint density at radius 2 is 0.893 bits per heavy atom. The fourth-order valence-corrected chi connectivity index (χ4v) is 7.87. The van der Waals surface area contributed by atoms with Gasteiger partial charge in [0.05, 0.1) is 0 Å². The summed E-state index contributed by atoms with van der Waals surface area (Å²) in [6, 6.07) is 2.79. The van der Waals surface area contributed by atoms with Crippen molar-refractivity contribution < 1.29 is 0 Å². The van der Waals surface area contributed by atoms with Gasteiger partial charge >= 0.3 is 0 Å². The van der Waals surface area contributed by atoms with Crippen molar-refractivity contribution in [2.45, 2.75) is 133 Å². The van der Waals surface area contributed by atoms with E-state index >= 15 is 0 Å².